The van der Waals surface area contributed by atoms with E-state index in [1.807, 2.05) is 0 Å². The van der Waals surface area contributed by atoms with Crippen molar-refractivity contribution in [3.8, 4) is 11.5 Å². The van der Waals surface area contributed by atoms with E-state index >= 15 is 0 Å². The topological polar surface area (TPSA) is 322 Å². The molecular formula is C44H38N8O12S3. The van der Waals surface area contributed by atoms with Gasteiger partial charge in [0.15, 0.2) is 5.75 Å². The molecule has 0 saturated heterocycles. The SMILES string of the molecule is Cc1cc(N=Nc2ccc(N=Nc3c(S(=O)(=O)O)cc4cc(NC(=O)c5ccc(N)cc5)ccc4c3O)cc2C)ccc1N=Nc1ccc2c(OCCCS(=O)(=O)O)cc(S(=O)(=O)O)cc2c1. The second-order valence-corrected chi connectivity index (χ2v) is 19.3. The van der Waals surface area contributed by atoms with E-state index in [9.17, 15) is 44.3 Å². The Morgan fingerprint density at radius 2 is 1.19 bits per heavy atom. The Bertz CT molecular complexity index is 3550. The molecule has 0 aliphatic carbocycles. The number of anilines is 2. The zero-order valence-electron chi connectivity index (χ0n) is 35.1. The van der Waals surface area contributed by atoms with E-state index in [0.29, 0.717) is 55.9 Å². The standard InChI is InChI=1S/C44H38N8O12S3/c1-25-18-32(10-14-39(25)51-48-34-9-12-36-28(21-34)22-35(66(58,59)60)24-40(36)64-16-3-17-65(55,56)57)47-50-38-15-11-33(19-26(38)2)49-52-42-41(67(61,62)63)23-29-20-31(8-13-37(29)43(42)53)46-44(54)27-4-6-30(45)7-5-27/h4-15,18-24,53H,3,16-17,45H2,1-2H3,(H,46,54)(H,55,56,57)(H,58,59,60)(H,61,62,63). The summed E-state index contributed by atoms with van der Waals surface area (Å²) in [7, 11) is -13.8. The van der Waals surface area contributed by atoms with E-state index in [2.05, 4.69) is 36.0 Å². The first-order valence-electron chi connectivity index (χ1n) is 19.7. The molecule has 0 atom stereocenters. The smallest absolute Gasteiger partial charge is 0.296 e. The third-order valence-corrected chi connectivity index (χ3v) is 12.4. The predicted molar refractivity (Wildman–Crippen MR) is 249 cm³/mol. The van der Waals surface area contributed by atoms with Gasteiger partial charge in [-0.2, -0.15) is 50.8 Å². The number of carbonyl (C=O) groups is 1. The zero-order chi connectivity index (χ0) is 48.3. The third kappa shape index (κ3) is 11.8. The number of nitrogens with zero attached hydrogens (tertiary/aromatic N) is 6. The lowest BCUT2D eigenvalue weighted by Gasteiger charge is -2.11. The molecule has 0 aliphatic rings. The highest BCUT2D eigenvalue weighted by molar-refractivity contribution is 7.86. The summed E-state index contributed by atoms with van der Waals surface area (Å²) in [6.45, 7) is 3.36. The van der Waals surface area contributed by atoms with Crippen LogP contribution in [0.1, 0.15) is 27.9 Å². The van der Waals surface area contributed by atoms with Crippen molar-refractivity contribution in [1.82, 2.24) is 0 Å². The molecule has 7 aromatic carbocycles. The van der Waals surface area contributed by atoms with Crippen LogP contribution in [-0.4, -0.2) is 62.3 Å². The van der Waals surface area contributed by atoms with Crippen LogP contribution in [0.5, 0.6) is 11.5 Å². The van der Waals surface area contributed by atoms with Crippen LogP contribution in [0.15, 0.2) is 156 Å². The average Bonchev–Trinajstić information content (AvgIpc) is 3.25. The highest BCUT2D eigenvalue weighted by Gasteiger charge is 2.23. The van der Waals surface area contributed by atoms with Gasteiger partial charge in [-0.15, -0.1) is 5.11 Å². The molecule has 0 aromatic heterocycles. The summed E-state index contributed by atoms with van der Waals surface area (Å²) < 4.78 is 105. The van der Waals surface area contributed by atoms with Crippen LogP contribution in [0.3, 0.4) is 0 Å². The van der Waals surface area contributed by atoms with E-state index in [1.54, 1.807) is 86.6 Å². The van der Waals surface area contributed by atoms with Gasteiger partial charge in [0, 0.05) is 33.8 Å². The van der Waals surface area contributed by atoms with Crippen LogP contribution in [0.4, 0.5) is 45.5 Å². The number of hydrogen-bond acceptors (Lipinski definition) is 16. The number of fused-ring (bicyclic) bond motifs is 2. The van der Waals surface area contributed by atoms with E-state index in [4.69, 9.17) is 15.0 Å². The van der Waals surface area contributed by atoms with E-state index in [0.717, 1.165) is 12.1 Å². The fraction of sp³-hybridized carbons (Fsp3) is 0.114. The minimum atomic E-state index is -4.92. The number of aryl methyl sites for hydroxylation is 2. The fourth-order valence-electron chi connectivity index (χ4n) is 6.57. The normalized spacial score (nSPS) is 12.5. The van der Waals surface area contributed by atoms with Gasteiger partial charge in [0.25, 0.3) is 36.3 Å². The Hall–Kier alpha value is -7.54. The fourth-order valence-corrected chi connectivity index (χ4v) is 8.24. The van der Waals surface area contributed by atoms with E-state index in [-0.39, 0.29) is 40.9 Å². The van der Waals surface area contributed by atoms with Crippen molar-refractivity contribution in [3.63, 3.8) is 0 Å². The molecule has 0 unspecified atom stereocenters. The number of amides is 1. The number of phenolic OH excluding ortho intramolecular Hbond substituents is 1. The predicted octanol–water partition coefficient (Wildman–Crippen LogP) is 10.5. The number of ether oxygens (including phenoxy) is 1. The number of hydrogen-bond donors (Lipinski definition) is 6. The summed E-state index contributed by atoms with van der Waals surface area (Å²) in [5, 5.41) is 40.4. The number of phenols is 1. The van der Waals surface area contributed by atoms with Crippen molar-refractivity contribution in [3.05, 3.63) is 132 Å². The molecule has 0 bridgehead atoms. The number of rotatable bonds is 15. The molecule has 7 rings (SSSR count). The maximum atomic E-state index is 12.7. The first-order chi connectivity index (χ1) is 31.6. The van der Waals surface area contributed by atoms with Crippen LogP contribution >= 0.6 is 0 Å². The van der Waals surface area contributed by atoms with Gasteiger partial charge in [-0.3, -0.25) is 18.5 Å². The van der Waals surface area contributed by atoms with Crippen molar-refractivity contribution in [1.29, 1.82) is 0 Å². The Labute approximate surface area is 382 Å². The lowest BCUT2D eigenvalue weighted by Crippen LogP contribution is -2.11. The van der Waals surface area contributed by atoms with E-state index < -0.39 is 63.2 Å². The maximum absolute atomic E-state index is 12.7. The number of nitrogen functional groups attached to an aromatic ring is 1. The summed E-state index contributed by atoms with van der Waals surface area (Å²) in [5.41, 5.74) is 9.61. The van der Waals surface area contributed by atoms with Crippen LogP contribution in [-0.2, 0) is 30.4 Å². The second kappa shape index (κ2) is 19.1. The second-order valence-electron chi connectivity index (χ2n) is 14.9. The summed E-state index contributed by atoms with van der Waals surface area (Å²) in [4.78, 5) is 11.6. The minimum Gasteiger partial charge on any atom is -0.505 e. The highest BCUT2D eigenvalue weighted by Crippen LogP contribution is 2.42. The molecule has 7 N–H and O–H groups in total. The Morgan fingerprint density at radius 3 is 1.78 bits per heavy atom. The molecule has 20 nitrogen and oxygen atoms in total. The largest absolute Gasteiger partial charge is 0.505 e. The van der Waals surface area contributed by atoms with Gasteiger partial charge < -0.3 is 20.9 Å². The van der Waals surface area contributed by atoms with Gasteiger partial charge in [0.2, 0.25) is 0 Å². The quantitative estimate of drug-likeness (QED) is 0.0241. The monoisotopic (exact) mass is 966 g/mol. The van der Waals surface area contributed by atoms with Crippen molar-refractivity contribution in [2.24, 2.45) is 30.7 Å². The molecule has 0 spiro atoms. The Kier molecular flexibility index (Phi) is 13.5. The Morgan fingerprint density at radius 1 is 0.627 bits per heavy atom. The van der Waals surface area contributed by atoms with Crippen molar-refractivity contribution >= 4 is 103 Å². The Balaban J connectivity index is 1.05. The molecule has 23 heteroatoms. The van der Waals surface area contributed by atoms with Gasteiger partial charge in [-0.25, -0.2) is 0 Å². The first kappa shape index (κ1) is 47.4. The molecule has 0 radical (unpaired) electrons. The van der Waals surface area contributed by atoms with Crippen molar-refractivity contribution in [2.75, 3.05) is 23.4 Å². The van der Waals surface area contributed by atoms with Gasteiger partial charge in [-0.1, -0.05) is 0 Å². The van der Waals surface area contributed by atoms with Crippen LogP contribution in [0.25, 0.3) is 21.5 Å². The lowest BCUT2D eigenvalue weighted by molar-refractivity contribution is 0.102. The van der Waals surface area contributed by atoms with Gasteiger partial charge in [0.1, 0.15) is 16.3 Å². The number of azo groups is 3. The summed E-state index contributed by atoms with van der Waals surface area (Å²) in [5.74, 6) is -1.52. The van der Waals surface area contributed by atoms with E-state index in [1.165, 1.54) is 30.3 Å². The molecule has 0 aliphatic heterocycles. The molecule has 1 amide bonds. The highest BCUT2D eigenvalue weighted by atomic mass is 32.2. The van der Waals surface area contributed by atoms with Gasteiger partial charge >= 0.3 is 0 Å². The van der Waals surface area contributed by atoms with Gasteiger partial charge in [0.05, 0.1) is 45.7 Å². The molecule has 0 heterocycles. The maximum Gasteiger partial charge on any atom is 0.296 e. The lowest BCUT2D eigenvalue weighted by atomic mass is 10.1. The number of nitrogens with one attached hydrogen (secondary N) is 1. The zero-order valence-corrected chi connectivity index (χ0v) is 37.6. The molecule has 344 valence electrons. The number of aromatic hydroxyl groups is 1. The summed E-state index contributed by atoms with van der Waals surface area (Å²) in [6, 6.07) is 28.6. The molecule has 7 aromatic rings. The van der Waals surface area contributed by atoms with Crippen LogP contribution in [0.2, 0.25) is 0 Å². The molecule has 0 saturated carbocycles. The molecule has 67 heavy (non-hydrogen) atoms. The van der Waals surface area contributed by atoms with Gasteiger partial charge in [-0.05, 0) is 151 Å². The average molecular weight is 967 g/mol. The van der Waals surface area contributed by atoms with Crippen molar-refractivity contribution in [2.45, 2.75) is 30.1 Å². The number of nitrogens with two attached hydrogens (primary N) is 1. The molecule has 0 fully saturated rings. The number of carbonyl (C=O) groups excluding carboxylic acids is 1. The molecular weight excluding hydrogens is 929 g/mol. The van der Waals surface area contributed by atoms with Crippen LogP contribution < -0.4 is 15.8 Å². The summed E-state index contributed by atoms with van der Waals surface area (Å²) >= 11 is 0. The first-order valence-corrected chi connectivity index (χ1v) is 24.1. The van der Waals surface area contributed by atoms with Crippen LogP contribution in [0, 0.1) is 13.8 Å². The van der Waals surface area contributed by atoms with Crippen molar-refractivity contribution < 1.29 is 53.5 Å². The third-order valence-electron chi connectivity index (χ3n) is 9.91. The summed E-state index contributed by atoms with van der Waals surface area (Å²) in [6.07, 6.45) is -0.0704. The number of benzene rings is 7. The minimum absolute atomic E-state index is 0.0639.